The van der Waals surface area contributed by atoms with Gasteiger partial charge in [-0.25, -0.2) is 0 Å². The number of hydrogen-bond acceptors (Lipinski definition) is 11. The maximum Gasteiger partial charge on any atom is 0.319 e. The Labute approximate surface area is 284 Å². The van der Waals surface area contributed by atoms with Crippen molar-refractivity contribution in [2.24, 2.45) is 17.3 Å². The van der Waals surface area contributed by atoms with E-state index in [1.165, 1.54) is 0 Å². The largest absolute Gasteiger partial charge is 0.463 e. The van der Waals surface area contributed by atoms with Gasteiger partial charge in [0.05, 0.1) is 30.9 Å². The summed E-state index contributed by atoms with van der Waals surface area (Å²) in [4.78, 5) is 49.0. The summed E-state index contributed by atoms with van der Waals surface area (Å²) < 4.78 is 24.7. The van der Waals surface area contributed by atoms with Crippen LogP contribution in [0.4, 0.5) is 0 Å². The maximum absolute atomic E-state index is 14.3. The number of carbonyl (C=O) groups is 3. The van der Waals surface area contributed by atoms with E-state index in [1.54, 1.807) is 32.8 Å². The molecule has 2 rings (SSSR count). The van der Waals surface area contributed by atoms with Gasteiger partial charge in [-0.2, -0.15) is 0 Å². The minimum Gasteiger partial charge on any atom is -0.463 e. The molecule has 0 unspecified atom stereocenters. The van der Waals surface area contributed by atoms with Crippen molar-refractivity contribution in [2.45, 2.75) is 117 Å². The Kier molecular flexibility index (Phi) is 15.7. The standard InChI is InChI=1S/C35H66N4O8/c1-23(2)38(12)22-28(40)39-16-14-15-37(11)21-24(3)20-35(8,44-13)31(26(5)30(42)34(6,7)33(43)45-18-17-39)47-32-29(41)27(36(9)10)19-25(4)46-32/h23-27,29,31-32,41H,14-22H2,1-13H3/t24-,25-,26+,27+,29-,31-,32+,35-/m1/s1. The van der Waals surface area contributed by atoms with Crippen molar-refractivity contribution in [3.63, 3.8) is 0 Å². The van der Waals surface area contributed by atoms with Crippen molar-refractivity contribution in [3.05, 3.63) is 0 Å². The lowest BCUT2D eigenvalue weighted by Gasteiger charge is -2.47. The summed E-state index contributed by atoms with van der Waals surface area (Å²) in [7, 11) is 9.41. The number of methoxy groups -OCH3 is 1. The van der Waals surface area contributed by atoms with E-state index in [1.807, 2.05) is 58.6 Å². The number of ketones is 1. The second-order valence-electron chi connectivity index (χ2n) is 15.4. The Balaban J connectivity index is 2.46. The molecule has 1 amide bonds. The van der Waals surface area contributed by atoms with E-state index >= 15 is 0 Å². The number of rotatable bonds is 7. The molecule has 8 atom stereocenters. The molecular formula is C35H66N4O8. The van der Waals surface area contributed by atoms with Gasteiger partial charge < -0.3 is 38.8 Å². The molecule has 0 aromatic rings. The molecule has 12 heteroatoms. The van der Waals surface area contributed by atoms with Gasteiger partial charge in [-0.3, -0.25) is 19.3 Å². The third kappa shape index (κ3) is 11.2. The number of hydrogen-bond donors (Lipinski definition) is 1. The van der Waals surface area contributed by atoms with Crippen LogP contribution < -0.4 is 0 Å². The highest BCUT2D eigenvalue weighted by Crippen LogP contribution is 2.38. The highest BCUT2D eigenvalue weighted by Gasteiger charge is 2.51. The molecule has 0 saturated carbocycles. The van der Waals surface area contributed by atoms with Crippen molar-refractivity contribution in [1.29, 1.82) is 0 Å². The molecule has 0 aromatic heterocycles. The zero-order chi connectivity index (χ0) is 35.9. The van der Waals surface area contributed by atoms with Gasteiger partial charge >= 0.3 is 5.97 Å². The van der Waals surface area contributed by atoms with Crippen LogP contribution >= 0.6 is 0 Å². The third-order valence-corrected chi connectivity index (χ3v) is 10.2. The van der Waals surface area contributed by atoms with Gasteiger partial charge in [-0.05, 0) is 101 Å². The Hall–Kier alpha value is -1.67. The molecule has 0 spiro atoms. The molecule has 12 nitrogen and oxygen atoms in total. The highest BCUT2D eigenvalue weighted by molar-refractivity contribution is 6.04. The Morgan fingerprint density at radius 3 is 2.30 bits per heavy atom. The van der Waals surface area contributed by atoms with Crippen LogP contribution in [0, 0.1) is 17.3 Å². The van der Waals surface area contributed by atoms with Crippen LogP contribution in [0.15, 0.2) is 0 Å². The highest BCUT2D eigenvalue weighted by atomic mass is 16.7. The lowest BCUT2D eigenvalue weighted by Crippen LogP contribution is -2.59. The normalized spacial score (nSPS) is 34.5. The van der Waals surface area contributed by atoms with Gasteiger partial charge in [0.15, 0.2) is 12.1 Å². The fourth-order valence-corrected chi connectivity index (χ4v) is 6.91. The Morgan fingerprint density at radius 2 is 1.72 bits per heavy atom. The van der Waals surface area contributed by atoms with Crippen LogP contribution in [0.25, 0.3) is 0 Å². The van der Waals surface area contributed by atoms with E-state index in [2.05, 4.69) is 18.9 Å². The molecule has 0 bridgehead atoms. The quantitative estimate of drug-likeness (QED) is 0.318. The van der Waals surface area contributed by atoms with Gasteiger partial charge in [0, 0.05) is 38.2 Å². The van der Waals surface area contributed by atoms with E-state index in [4.69, 9.17) is 18.9 Å². The van der Waals surface area contributed by atoms with Crippen molar-refractivity contribution < 1.29 is 38.4 Å². The van der Waals surface area contributed by atoms with Crippen LogP contribution in [0.5, 0.6) is 0 Å². The zero-order valence-corrected chi connectivity index (χ0v) is 31.6. The van der Waals surface area contributed by atoms with Crippen LogP contribution in [0.1, 0.15) is 74.7 Å². The van der Waals surface area contributed by atoms with Crippen LogP contribution in [0.3, 0.4) is 0 Å². The average molecular weight is 671 g/mol. The first-order valence-electron chi connectivity index (χ1n) is 17.3. The molecule has 0 aromatic carbocycles. The van der Waals surface area contributed by atoms with Gasteiger partial charge in [0.1, 0.15) is 18.1 Å². The number of likely N-dealkylation sites (N-methyl/N-ethyl adjacent to an activating group) is 2. The number of aliphatic hydroxyl groups excluding tert-OH is 1. The van der Waals surface area contributed by atoms with Crippen molar-refractivity contribution in [3.8, 4) is 0 Å². The second kappa shape index (κ2) is 17.8. The molecule has 2 aliphatic rings. The fraction of sp³-hybridized carbons (Fsp3) is 0.914. The summed E-state index contributed by atoms with van der Waals surface area (Å²) in [6, 6.07) is 0.0146. The number of amides is 1. The minimum atomic E-state index is -1.51. The smallest absolute Gasteiger partial charge is 0.319 e. The summed E-state index contributed by atoms with van der Waals surface area (Å²) in [6.07, 6.45) is -1.05. The summed E-state index contributed by atoms with van der Waals surface area (Å²) in [5.74, 6) is -1.73. The first-order chi connectivity index (χ1) is 21.7. The molecule has 2 fully saturated rings. The molecule has 1 N–H and O–H groups in total. The lowest BCUT2D eigenvalue weighted by molar-refractivity contribution is -0.295. The predicted molar refractivity (Wildman–Crippen MR) is 182 cm³/mol. The summed E-state index contributed by atoms with van der Waals surface area (Å²) >= 11 is 0. The summed E-state index contributed by atoms with van der Waals surface area (Å²) in [5, 5.41) is 11.3. The molecule has 2 heterocycles. The zero-order valence-electron chi connectivity index (χ0n) is 31.6. The number of nitrogens with zero attached hydrogens (tertiary/aromatic N) is 4. The number of esters is 1. The number of carbonyl (C=O) groups excluding carboxylic acids is 3. The van der Waals surface area contributed by atoms with Gasteiger partial charge in [0.2, 0.25) is 5.91 Å². The first-order valence-corrected chi connectivity index (χ1v) is 17.3. The van der Waals surface area contributed by atoms with Crippen LogP contribution in [-0.2, 0) is 33.3 Å². The molecule has 47 heavy (non-hydrogen) atoms. The predicted octanol–water partition coefficient (Wildman–Crippen LogP) is 2.51. The van der Waals surface area contributed by atoms with E-state index in [9.17, 15) is 19.5 Å². The molecule has 0 radical (unpaired) electrons. The van der Waals surface area contributed by atoms with E-state index < -0.39 is 41.4 Å². The first kappa shape index (κ1) is 41.5. The summed E-state index contributed by atoms with van der Waals surface area (Å²) in [5.41, 5.74) is -2.47. The fourth-order valence-electron chi connectivity index (χ4n) is 6.91. The topological polar surface area (TPSA) is 121 Å². The molecule has 274 valence electrons. The van der Waals surface area contributed by atoms with Gasteiger partial charge in [-0.15, -0.1) is 0 Å². The van der Waals surface area contributed by atoms with Gasteiger partial charge in [0.25, 0.3) is 0 Å². The molecular weight excluding hydrogens is 604 g/mol. The SMILES string of the molecule is CO[C@]1(C)C[C@@H](C)CN(C)CCCN(C(=O)CN(C)C(C)C)CCOC(=O)C(C)(C)C(=O)[C@H](C)[C@H]1O[C@@H]1O[C@H](C)C[C@H](N(C)C)[C@H]1O. The van der Waals surface area contributed by atoms with Crippen molar-refractivity contribution in [1.82, 2.24) is 19.6 Å². The number of aliphatic hydroxyl groups is 1. The van der Waals surface area contributed by atoms with Crippen LogP contribution in [0.2, 0.25) is 0 Å². The Bertz CT molecular complexity index is 1030. The third-order valence-electron chi connectivity index (χ3n) is 10.2. The maximum atomic E-state index is 14.3. The lowest BCUT2D eigenvalue weighted by atomic mass is 9.74. The van der Waals surface area contributed by atoms with E-state index in [-0.39, 0.29) is 55.5 Å². The van der Waals surface area contributed by atoms with E-state index in [0.717, 1.165) is 19.5 Å². The van der Waals surface area contributed by atoms with E-state index in [0.29, 0.717) is 19.4 Å². The second-order valence-corrected chi connectivity index (χ2v) is 15.4. The minimum absolute atomic E-state index is 0.0183. The molecule has 0 aliphatic carbocycles. The summed E-state index contributed by atoms with van der Waals surface area (Å²) in [6.45, 7) is 17.5. The van der Waals surface area contributed by atoms with Crippen molar-refractivity contribution >= 4 is 17.7 Å². The number of cyclic esters (lactones) is 1. The average Bonchev–Trinajstić information content (AvgIpc) is 2.98. The molecule has 2 aliphatic heterocycles. The van der Waals surface area contributed by atoms with Crippen molar-refractivity contribution in [2.75, 3.05) is 74.6 Å². The monoisotopic (exact) mass is 670 g/mol. The Morgan fingerprint density at radius 1 is 1.09 bits per heavy atom. The van der Waals surface area contributed by atoms with Crippen LogP contribution in [-0.4, -0.2) is 159 Å². The molecule has 2 saturated heterocycles. The number of Topliss-reactive ketones (excluding diaryl/α,β-unsaturated/α-hetero) is 1. The number of ether oxygens (including phenoxy) is 4. The van der Waals surface area contributed by atoms with Gasteiger partial charge in [-0.1, -0.05) is 13.8 Å².